The normalized spacial score (nSPS) is 37.5. The van der Waals surface area contributed by atoms with Crippen LogP contribution in [0.1, 0.15) is 50.2 Å². The van der Waals surface area contributed by atoms with Crippen LogP contribution in [0.3, 0.4) is 0 Å². The predicted molar refractivity (Wildman–Crippen MR) is 144 cm³/mol. The molecule has 2 aromatic carbocycles. The second-order valence-corrected chi connectivity index (χ2v) is 12.8. The fourth-order valence-electron chi connectivity index (χ4n) is 8.57. The molecule has 0 amide bonds. The molecule has 6 atom stereocenters. The molecule has 6 nitrogen and oxygen atoms in total. The van der Waals surface area contributed by atoms with Gasteiger partial charge in [0.25, 0.3) is 0 Å². The van der Waals surface area contributed by atoms with E-state index < -0.39 is 5.72 Å². The number of piperazine rings is 1. The molecule has 2 aromatic rings. The number of hydrogen-bond acceptors (Lipinski definition) is 6. The van der Waals surface area contributed by atoms with Gasteiger partial charge in [0, 0.05) is 49.8 Å². The summed E-state index contributed by atoms with van der Waals surface area (Å²) in [5, 5.41) is 12.2. The maximum atomic E-state index is 13.2. The van der Waals surface area contributed by atoms with Gasteiger partial charge in [-0.15, -0.1) is 0 Å². The highest BCUT2D eigenvalue weighted by atomic mass is 16.6. The summed E-state index contributed by atoms with van der Waals surface area (Å²) in [5.74, 6) is 0.783. The number of fused-ring (bicyclic) bond motifs is 3. The summed E-state index contributed by atoms with van der Waals surface area (Å²) in [7, 11) is 0. The maximum Gasteiger partial charge on any atom is 0.310 e. The highest BCUT2D eigenvalue weighted by Crippen LogP contribution is 2.62. The molecular weight excluding hydrogens is 476 g/mol. The van der Waals surface area contributed by atoms with E-state index in [4.69, 9.17) is 9.47 Å². The third-order valence-electron chi connectivity index (χ3n) is 10.7. The van der Waals surface area contributed by atoms with Crippen LogP contribution < -0.4 is 0 Å². The van der Waals surface area contributed by atoms with Gasteiger partial charge in [-0.25, -0.2) is 0 Å². The Hall–Kier alpha value is -2.25. The molecule has 3 aliphatic heterocycles. The van der Waals surface area contributed by atoms with Crippen LogP contribution in [0.15, 0.2) is 60.7 Å². The lowest BCUT2D eigenvalue weighted by molar-refractivity contribution is -0.147. The Kier molecular flexibility index (Phi) is 5.97. The summed E-state index contributed by atoms with van der Waals surface area (Å²) in [6, 6.07) is 19.9. The Bertz CT molecular complexity index is 1120. The lowest BCUT2D eigenvalue weighted by Crippen LogP contribution is -2.57. The van der Waals surface area contributed by atoms with Gasteiger partial charge < -0.3 is 14.6 Å². The fraction of sp³-hybridized carbons (Fsp3) is 0.594. The average molecular weight is 517 g/mol. The van der Waals surface area contributed by atoms with Gasteiger partial charge in [0.2, 0.25) is 0 Å². The molecule has 0 radical (unpaired) electrons. The second-order valence-electron chi connectivity index (χ2n) is 12.8. The quantitative estimate of drug-likeness (QED) is 0.478. The van der Waals surface area contributed by atoms with Crippen molar-refractivity contribution in [1.82, 2.24) is 9.80 Å². The van der Waals surface area contributed by atoms with Crippen LogP contribution in [-0.4, -0.2) is 71.9 Å². The Labute approximate surface area is 225 Å². The fourth-order valence-corrected chi connectivity index (χ4v) is 8.57. The molecule has 2 saturated carbocycles. The number of benzene rings is 2. The molecule has 0 aromatic heterocycles. The first-order valence-electron chi connectivity index (χ1n) is 14.6. The second kappa shape index (κ2) is 9.16. The zero-order valence-electron chi connectivity index (χ0n) is 22.4. The minimum Gasteiger partial charge on any atom is -0.462 e. The number of carbonyl (C=O) groups excluding carboxylic acids is 1. The monoisotopic (exact) mass is 516 g/mol. The minimum absolute atomic E-state index is 0.000480. The first-order chi connectivity index (χ1) is 18.4. The van der Waals surface area contributed by atoms with Crippen LogP contribution in [0.5, 0.6) is 0 Å². The topological polar surface area (TPSA) is 65.5 Å². The molecule has 0 unspecified atom stereocenters. The number of hydrogen-bond donors (Lipinski definition) is 1. The Morgan fingerprint density at radius 1 is 0.974 bits per heavy atom. The van der Waals surface area contributed by atoms with Gasteiger partial charge in [-0.05, 0) is 43.4 Å². The smallest absolute Gasteiger partial charge is 0.310 e. The van der Waals surface area contributed by atoms with E-state index in [-0.39, 0.29) is 29.0 Å². The first-order valence-corrected chi connectivity index (χ1v) is 14.6. The van der Waals surface area contributed by atoms with Gasteiger partial charge in [0.15, 0.2) is 5.72 Å². The molecule has 7 rings (SSSR count). The number of epoxide rings is 1. The maximum absolute atomic E-state index is 13.2. The van der Waals surface area contributed by atoms with Crippen molar-refractivity contribution in [2.24, 2.45) is 23.2 Å². The van der Waals surface area contributed by atoms with E-state index in [0.717, 1.165) is 63.3 Å². The number of aliphatic hydroxyl groups is 1. The third kappa shape index (κ3) is 3.95. The molecule has 5 aliphatic rings. The Morgan fingerprint density at radius 3 is 2.21 bits per heavy atom. The highest BCUT2D eigenvalue weighted by molar-refractivity contribution is 5.75. The van der Waals surface area contributed by atoms with Crippen molar-refractivity contribution in [2.45, 2.75) is 56.5 Å². The van der Waals surface area contributed by atoms with Gasteiger partial charge in [-0.3, -0.25) is 14.6 Å². The molecule has 2 aliphatic carbocycles. The number of esters is 1. The van der Waals surface area contributed by atoms with E-state index in [1.165, 1.54) is 19.3 Å². The number of carbonyl (C=O) groups is 1. The van der Waals surface area contributed by atoms with Gasteiger partial charge >= 0.3 is 5.97 Å². The van der Waals surface area contributed by atoms with Crippen LogP contribution >= 0.6 is 0 Å². The van der Waals surface area contributed by atoms with Crippen molar-refractivity contribution in [3.8, 4) is 0 Å². The summed E-state index contributed by atoms with van der Waals surface area (Å²) >= 11 is 0. The molecule has 1 N–H and O–H groups in total. The molecule has 0 bridgehead atoms. The largest absolute Gasteiger partial charge is 0.462 e. The number of rotatable bonds is 5. The SMILES string of the molecule is C[C@]12CCC[C@]3(CO3)[C@@H]1C[C@H]1[C@@H](C2)OC(=O)[C@@H]1CN1CCN(C(O)(c2ccccc2)c2ccccc2)CC1. The van der Waals surface area contributed by atoms with Crippen LogP contribution in [0.25, 0.3) is 0 Å². The lowest BCUT2D eigenvalue weighted by atomic mass is 9.53. The predicted octanol–water partition coefficient (Wildman–Crippen LogP) is 4.02. The van der Waals surface area contributed by atoms with Gasteiger partial charge in [-0.2, -0.15) is 0 Å². The van der Waals surface area contributed by atoms with E-state index in [0.29, 0.717) is 11.8 Å². The summed E-state index contributed by atoms with van der Waals surface area (Å²) in [6.45, 7) is 7.16. The summed E-state index contributed by atoms with van der Waals surface area (Å²) in [5.41, 5.74) is 0.904. The Balaban J connectivity index is 1.05. The molecule has 202 valence electrons. The van der Waals surface area contributed by atoms with E-state index in [1.807, 2.05) is 60.7 Å². The van der Waals surface area contributed by atoms with E-state index >= 15 is 0 Å². The summed E-state index contributed by atoms with van der Waals surface area (Å²) in [4.78, 5) is 17.8. The molecule has 5 fully saturated rings. The van der Waals surface area contributed by atoms with Crippen LogP contribution in [0.2, 0.25) is 0 Å². The zero-order chi connectivity index (χ0) is 26.0. The number of ether oxygens (including phenoxy) is 2. The lowest BCUT2D eigenvalue weighted by Gasteiger charge is -2.51. The zero-order valence-corrected chi connectivity index (χ0v) is 22.4. The summed E-state index contributed by atoms with van der Waals surface area (Å²) in [6.07, 6.45) is 5.73. The van der Waals surface area contributed by atoms with Crippen LogP contribution in [0.4, 0.5) is 0 Å². The highest BCUT2D eigenvalue weighted by Gasteiger charge is 2.65. The molecule has 3 heterocycles. The Morgan fingerprint density at radius 2 is 1.61 bits per heavy atom. The standard InChI is InChI=1S/C32H40N2O4/c1-30-13-8-14-31(22-37-31)28(30)19-25-26(29(35)38-27(25)20-30)21-33-15-17-34(18-16-33)32(36,23-9-4-2-5-10-23)24-11-6-3-7-12-24/h2-7,9-12,25-28,36H,8,13-22H2,1H3/t25-,26-,27-,28-,30-,31+/m1/s1. The molecular formula is C32H40N2O4. The van der Waals surface area contributed by atoms with E-state index in [9.17, 15) is 9.90 Å². The molecule has 3 saturated heterocycles. The summed E-state index contributed by atoms with van der Waals surface area (Å²) < 4.78 is 12.1. The van der Waals surface area contributed by atoms with E-state index in [2.05, 4.69) is 16.7 Å². The van der Waals surface area contributed by atoms with Crippen molar-refractivity contribution < 1.29 is 19.4 Å². The van der Waals surface area contributed by atoms with E-state index in [1.54, 1.807) is 0 Å². The van der Waals surface area contributed by atoms with Crippen molar-refractivity contribution in [2.75, 3.05) is 39.3 Å². The first kappa shape index (κ1) is 24.8. The van der Waals surface area contributed by atoms with Crippen LogP contribution in [-0.2, 0) is 20.0 Å². The van der Waals surface area contributed by atoms with Gasteiger partial charge in [-0.1, -0.05) is 67.6 Å². The van der Waals surface area contributed by atoms with Crippen molar-refractivity contribution in [3.63, 3.8) is 0 Å². The van der Waals surface area contributed by atoms with Gasteiger partial charge in [0.1, 0.15) is 6.10 Å². The minimum atomic E-state index is -1.18. The molecule has 1 spiro atoms. The van der Waals surface area contributed by atoms with Crippen molar-refractivity contribution in [3.05, 3.63) is 71.8 Å². The number of nitrogens with zero attached hydrogens (tertiary/aromatic N) is 2. The molecule has 38 heavy (non-hydrogen) atoms. The average Bonchev–Trinajstić information content (AvgIpc) is 3.65. The van der Waals surface area contributed by atoms with Crippen molar-refractivity contribution in [1.29, 1.82) is 0 Å². The third-order valence-corrected chi connectivity index (χ3v) is 10.7. The van der Waals surface area contributed by atoms with Gasteiger partial charge in [0.05, 0.1) is 18.1 Å². The molecule has 6 heteroatoms. The van der Waals surface area contributed by atoms with Crippen molar-refractivity contribution >= 4 is 5.97 Å². The van der Waals surface area contributed by atoms with Crippen LogP contribution in [0, 0.1) is 23.2 Å².